The molecular formula is C32H35N7O2S. The van der Waals surface area contributed by atoms with Crippen molar-refractivity contribution in [3.8, 4) is 22.0 Å². The monoisotopic (exact) mass is 581 g/mol. The lowest BCUT2D eigenvalue weighted by Gasteiger charge is -2.16. The standard InChI is InChI=1S/C32H35N7O2S/c33-15-4-3-9-25-21-39(37-36-25)27-13-14-29(30(20-27)41-19-18-38-17-16-34-32(38)40)31-35-26(22-42-31)12-11-24-8-5-7-23-6-1-2-10-28(23)24/h1-2,5-8,10,13-14,20-22H,3-4,9,11-12,15-19,33H2,(H,34,40). The number of aromatic nitrogens is 4. The molecule has 2 amide bonds. The number of aryl methyl sites for hydroxylation is 3. The van der Waals surface area contributed by atoms with Gasteiger partial charge < -0.3 is 20.7 Å². The van der Waals surface area contributed by atoms with E-state index in [1.807, 2.05) is 24.4 Å². The minimum absolute atomic E-state index is 0.0480. The number of nitrogens with one attached hydrogen (secondary N) is 1. The number of fused-ring (bicyclic) bond motifs is 1. The molecule has 216 valence electrons. The van der Waals surface area contributed by atoms with E-state index in [0.29, 0.717) is 38.5 Å². The number of carbonyl (C=O) groups is 1. The van der Waals surface area contributed by atoms with Crippen LogP contribution in [0, 0.1) is 0 Å². The van der Waals surface area contributed by atoms with Crippen molar-refractivity contribution in [3.05, 3.63) is 89.2 Å². The molecule has 0 spiro atoms. The van der Waals surface area contributed by atoms with Gasteiger partial charge in [-0.1, -0.05) is 47.7 Å². The van der Waals surface area contributed by atoms with Gasteiger partial charge in [-0.3, -0.25) is 0 Å². The average Bonchev–Trinajstić information content (AvgIpc) is 3.78. The van der Waals surface area contributed by atoms with E-state index in [0.717, 1.165) is 59.8 Å². The summed E-state index contributed by atoms with van der Waals surface area (Å²) in [6.45, 7) is 2.92. The van der Waals surface area contributed by atoms with Gasteiger partial charge in [0, 0.05) is 24.5 Å². The van der Waals surface area contributed by atoms with Crippen molar-refractivity contribution >= 4 is 28.1 Å². The summed E-state index contributed by atoms with van der Waals surface area (Å²) in [5.41, 5.74) is 10.7. The van der Waals surface area contributed by atoms with E-state index < -0.39 is 0 Å². The van der Waals surface area contributed by atoms with Crippen LogP contribution in [0.2, 0.25) is 0 Å². The number of hydrogen-bond acceptors (Lipinski definition) is 7. The van der Waals surface area contributed by atoms with Crippen LogP contribution in [0.5, 0.6) is 5.75 Å². The van der Waals surface area contributed by atoms with Crippen LogP contribution in [0.15, 0.2) is 72.2 Å². The Morgan fingerprint density at radius 3 is 2.79 bits per heavy atom. The van der Waals surface area contributed by atoms with Crippen LogP contribution < -0.4 is 15.8 Å². The quantitative estimate of drug-likeness (QED) is 0.189. The van der Waals surface area contributed by atoms with E-state index in [4.69, 9.17) is 15.5 Å². The molecule has 9 nitrogen and oxygen atoms in total. The summed E-state index contributed by atoms with van der Waals surface area (Å²) in [5.74, 6) is 0.710. The Bertz CT molecular complexity index is 1660. The maximum absolute atomic E-state index is 12.0. The van der Waals surface area contributed by atoms with Gasteiger partial charge >= 0.3 is 6.03 Å². The first-order chi connectivity index (χ1) is 20.7. The highest BCUT2D eigenvalue weighted by molar-refractivity contribution is 7.13. The molecule has 1 saturated heterocycles. The SMILES string of the molecule is NCCCCc1cn(-c2ccc(-c3nc(CCc4cccc5ccccc45)cs3)c(OCCN3CCNC3=O)c2)nn1. The Morgan fingerprint density at radius 1 is 1.00 bits per heavy atom. The summed E-state index contributed by atoms with van der Waals surface area (Å²) in [7, 11) is 0. The van der Waals surface area contributed by atoms with Gasteiger partial charge in [-0.15, -0.1) is 16.4 Å². The fourth-order valence-electron chi connectivity index (χ4n) is 5.25. The Balaban J connectivity index is 1.21. The second kappa shape index (κ2) is 13.1. The molecule has 0 saturated carbocycles. The lowest BCUT2D eigenvalue weighted by atomic mass is 10.0. The molecular weight excluding hydrogens is 546 g/mol. The number of ether oxygens (including phenoxy) is 1. The Hall–Kier alpha value is -4.28. The maximum Gasteiger partial charge on any atom is 0.317 e. The number of hydrogen-bond donors (Lipinski definition) is 2. The van der Waals surface area contributed by atoms with Gasteiger partial charge in [-0.05, 0) is 67.1 Å². The Morgan fingerprint density at radius 2 is 1.90 bits per heavy atom. The predicted octanol–water partition coefficient (Wildman–Crippen LogP) is 5.01. The van der Waals surface area contributed by atoms with Gasteiger partial charge in [0.25, 0.3) is 0 Å². The van der Waals surface area contributed by atoms with Gasteiger partial charge in [-0.2, -0.15) is 0 Å². The van der Waals surface area contributed by atoms with Crippen LogP contribution in [0.4, 0.5) is 4.79 Å². The van der Waals surface area contributed by atoms with E-state index >= 15 is 0 Å². The number of nitrogens with zero attached hydrogens (tertiary/aromatic N) is 5. The molecule has 0 aliphatic carbocycles. The van der Waals surface area contributed by atoms with Crippen molar-refractivity contribution in [1.82, 2.24) is 30.2 Å². The maximum atomic E-state index is 12.0. The molecule has 1 aliphatic rings. The van der Waals surface area contributed by atoms with Crippen molar-refractivity contribution in [2.24, 2.45) is 5.73 Å². The first-order valence-corrected chi connectivity index (χ1v) is 15.4. The summed E-state index contributed by atoms with van der Waals surface area (Å²) >= 11 is 1.62. The van der Waals surface area contributed by atoms with Crippen molar-refractivity contribution in [3.63, 3.8) is 0 Å². The van der Waals surface area contributed by atoms with E-state index in [-0.39, 0.29) is 6.03 Å². The average molecular weight is 582 g/mol. The molecule has 3 N–H and O–H groups in total. The molecule has 0 bridgehead atoms. The smallest absolute Gasteiger partial charge is 0.317 e. The van der Waals surface area contributed by atoms with Crippen molar-refractivity contribution < 1.29 is 9.53 Å². The fraction of sp³-hybridized carbons (Fsp3) is 0.312. The third-order valence-corrected chi connectivity index (χ3v) is 8.46. The number of unbranched alkanes of at least 4 members (excludes halogenated alkanes) is 1. The molecule has 2 aromatic heterocycles. The molecule has 1 aliphatic heterocycles. The fourth-order valence-corrected chi connectivity index (χ4v) is 6.13. The largest absolute Gasteiger partial charge is 0.491 e. The molecule has 3 aromatic carbocycles. The van der Waals surface area contributed by atoms with Gasteiger partial charge in [0.05, 0.1) is 35.4 Å². The minimum Gasteiger partial charge on any atom is -0.491 e. The predicted molar refractivity (Wildman–Crippen MR) is 166 cm³/mol. The molecule has 5 aromatic rings. The van der Waals surface area contributed by atoms with Crippen LogP contribution in [-0.2, 0) is 19.3 Å². The third kappa shape index (κ3) is 6.45. The zero-order valence-corrected chi connectivity index (χ0v) is 24.4. The zero-order valence-electron chi connectivity index (χ0n) is 23.5. The molecule has 42 heavy (non-hydrogen) atoms. The molecule has 0 unspecified atom stereocenters. The van der Waals surface area contributed by atoms with Gasteiger partial charge in [0.1, 0.15) is 17.4 Å². The Labute approximate surface area is 249 Å². The summed E-state index contributed by atoms with van der Waals surface area (Å²) in [5, 5.41) is 17.1. The van der Waals surface area contributed by atoms with Gasteiger partial charge in [0.2, 0.25) is 0 Å². The number of amides is 2. The number of nitrogens with two attached hydrogens (primary N) is 1. The van der Waals surface area contributed by atoms with Crippen LogP contribution in [0.1, 0.15) is 29.8 Å². The molecule has 6 rings (SSSR count). The molecule has 0 radical (unpaired) electrons. The van der Waals surface area contributed by atoms with Crippen LogP contribution in [0.3, 0.4) is 0 Å². The van der Waals surface area contributed by atoms with Crippen LogP contribution in [0.25, 0.3) is 27.0 Å². The van der Waals surface area contributed by atoms with Crippen molar-refractivity contribution in [2.75, 3.05) is 32.8 Å². The molecule has 1 fully saturated rings. The first kappa shape index (κ1) is 27.9. The Kier molecular flexibility index (Phi) is 8.72. The second-order valence-electron chi connectivity index (χ2n) is 10.4. The highest BCUT2D eigenvalue weighted by Gasteiger charge is 2.20. The van der Waals surface area contributed by atoms with E-state index in [9.17, 15) is 4.79 Å². The van der Waals surface area contributed by atoms with Gasteiger partial charge in [-0.25, -0.2) is 14.5 Å². The molecule has 10 heteroatoms. The summed E-state index contributed by atoms with van der Waals surface area (Å²) in [4.78, 5) is 18.8. The normalized spacial score (nSPS) is 13.2. The lowest BCUT2D eigenvalue weighted by molar-refractivity contribution is 0.203. The number of rotatable bonds is 13. The highest BCUT2D eigenvalue weighted by Crippen LogP contribution is 2.34. The van der Waals surface area contributed by atoms with Crippen molar-refractivity contribution in [2.45, 2.75) is 32.1 Å². The summed E-state index contributed by atoms with van der Waals surface area (Å²) < 4.78 is 8.08. The van der Waals surface area contributed by atoms with E-state index in [1.165, 1.54) is 16.3 Å². The number of benzene rings is 3. The lowest BCUT2D eigenvalue weighted by Crippen LogP contribution is -2.31. The van der Waals surface area contributed by atoms with E-state index in [1.54, 1.807) is 20.9 Å². The van der Waals surface area contributed by atoms with Gasteiger partial charge in [0.15, 0.2) is 0 Å². The number of carbonyl (C=O) groups excluding carboxylic acids is 1. The zero-order chi connectivity index (χ0) is 28.7. The number of thiazole rings is 1. The van der Waals surface area contributed by atoms with Crippen molar-refractivity contribution in [1.29, 1.82) is 0 Å². The topological polar surface area (TPSA) is 111 Å². The first-order valence-electron chi connectivity index (χ1n) is 14.5. The van der Waals surface area contributed by atoms with Crippen LogP contribution >= 0.6 is 11.3 Å². The number of urea groups is 1. The van der Waals surface area contributed by atoms with E-state index in [2.05, 4.69) is 63.5 Å². The highest BCUT2D eigenvalue weighted by atomic mass is 32.1. The molecule has 3 heterocycles. The molecule has 0 atom stereocenters. The summed E-state index contributed by atoms with van der Waals surface area (Å²) in [6, 6.07) is 21.0. The second-order valence-corrected chi connectivity index (χ2v) is 11.3. The minimum atomic E-state index is -0.0480. The van der Waals surface area contributed by atoms with Crippen LogP contribution in [-0.4, -0.2) is 63.7 Å². The summed E-state index contributed by atoms with van der Waals surface area (Å²) in [6.07, 6.45) is 6.53. The third-order valence-electron chi connectivity index (χ3n) is 7.53.